The largest absolute Gasteiger partial charge is 0.352 e. The smallest absolute Gasteiger partial charge is 0.266 e. The fraction of sp³-hybridized carbons (Fsp3) is 0.143. The zero-order valence-corrected chi connectivity index (χ0v) is 15.6. The lowest BCUT2D eigenvalue weighted by Crippen LogP contribution is -2.26. The van der Waals surface area contributed by atoms with Gasteiger partial charge in [0.1, 0.15) is 11.6 Å². The molecule has 2 aromatic carbocycles. The Morgan fingerprint density at radius 3 is 2.83 bits per heavy atom. The van der Waals surface area contributed by atoms with Crippen molar-refractivity contribution in [1.82, 2.24) is 24.8 Å². The van der Waals surface area contributed by atoms with Crippen LogP contribution in [0.1, 0.15) is 16.2 Å². The zero-order valence-electron chi connectivity index (χ0n) is 15.6. The van der Waals surface area contributed by atoms with E-state index in [0.29, 0.717) is 24.2 Å². The van der Waals surface area contributed by atoms with Crippen LogP contribution in [0.5, 0.6) is 0 Å². The second kappa shape index (κ2) is 7.67. The Kier molecular flexibility index (Phi) is 4.90. The number of para-hydroxylation sites is 2. The number of rotatable bonds is 5. The molecule has 0 unspecified atom stereocenters. The summed E-state index contributed by atoms with van der Waals surface area (Å²) in [6.07, 6.45) is 3.07. The maximum atomic E-state index is 14.0. The lowest BCUT2D eigenvalue weighted by Gasteiger charge is -2.08. The number of aromatic nitrogens is 4. The fourth-order valence-corrected chi connectivity index (χ4v) is 3.21. The van der Waals surface area contributed by atoms with Crippen LogP contribution in [0.15, 0.2) is 59.7 Å². The number of amides is 1. The molecule has 8 heteroatoms. The van der Waals surface area contributed by atoms with Crippen LogP contribution < -0.4 is 10.9 Å². The lowest BCUT2D eigenvalue weighted by molar-refractivity contribution is 0.0953. The Morgan fingerprint density at radius 2 is 2.03 bits per heavy atom. The number of hydrogen-bond donors (Lipinski definition) is 2. The predicted molar refractivity (Wildman–Crippen MR) is 107 cm³/mol. The highest BCUT2D eigenvalue weighted by Gasteiger charge is 2.12. The Labute approximate surface area is 165 Å². The quantitative estimate of drug-likeness (QED) is 0.547. The van der Waals surface area contributed by atoms with Gasteiger partial charge in [-0.15, -0.1) is 0 Å². The molecule has 0 radical (unpaired) electrons. The van der Waals surface area contributed by atoms with Crippen LogP contribution in [0.3, 0.4) is 0 Å². The molecule has 4 aromatic rings. The third-order valence-corrected chi connectivity index (χ3v) is 4.64. The van der Waals surface area contributed by atoms with Gasteiger partial charge in [0.05, 0.1) is 29.1 Å². The molecule has 0 fully saturated rings. The molecule has 1 amide bonds. The SMILES string of the molecule is Cn1c(CCNC(=O)c2cc(F)cc(-c3cncc(=O)[nH]3)c2)nc2ccccc21. The number of carbonyl (C=O) groups excluding carboxylic acids is 1. The molecule has 2 N–H and O–H groups in total. The average molecular weight is 391 g/mol. The van der Waals surface area contributed by atoms with Crippen molar-refractivity contribution in [2.24, 2.45) is 7.05 Å². The van der Waals surface area contributed by atoms with Crippen molar-refractivity contribution < 1.29 is 9.18 Å². The first kappa shape index (κ1) is 18.5. The normalized spacial score (nSPS) is 11.0. The molecule has 2 heterocycles. The molecule has 0 aliphatic heterocycles. The minimum absolute atomic E-state index is 0.162. The number of hydrogen-bond acceptors (Lipinski definition) is 4. The highest BCUT2D eigenvalue weighted by molar-refractivity contribution is 5.95. The summed E-state index contributed by atoms with van der Waals surface area (Å²) >= 11 is 0. The molecular weight excluding hydrogens is 373 g/mol. The number of halogens is 1. The molecule has 0 atom stereocenters. The van der Waals surface area contributed by atoms with Crippen molar-refractivity contribution in [3.8, 4) is 11.3 Å². The van der Waals surface area contributed by atoms with Gasteiger partial charge in [0.15, 0.2) is 0 Å². The summed E-state index contributed by atoms with van der Waals surface area (Å²) in [7, 11) is 1.93. The summed E-state index contributed by atoms with van der Waals surface area (Å²) in [6, 6.07) is 11.7. The van der Waals surface area contributed by atoms with Gasteiger partial charge >= 0.3 is 0 Å². The third-order valence-electron chi connectivity index (χ3n) is 4.64. The number of carbonyl (C=O) groups is 1. The molecular formula is C21H18FN5O2. The summed E-state index contributed by atoms with van der Waals surface area (Å²) < 4.78 is 16.0. The first-order valence-corrected chi connectivity index (χ1v) is 9.05. The van der Waals surface area contributed by atoms with Crippen molar-refractivity contribution in [3.63, 3.8) is 0 Å². The Bertz CT molecular complexity index is 1260. The summed E-state index contributed by atoms with van der Waals surface area (Å²) in [6.45, 7) is 0.353. The number of fused-ring (bicyclic) bond motifs is 1. The van der Waals surface area contributed by atoms with E-state index >= 15 is 0 Å². The number of aryl methyl sites for hydroxylation is 1. The van der Waals surface area contributed by atoms with E-state index in [-0.39, 0.29) is 5.56 Å². The summed E-state index contributed by atoms with van der Waals surface area (Å²) in [5, 5.41) is 2.79. The number of aromatic amines is 1. The second-order valence-corrected chi connectivity index (χ2v) is 6.62. The van der Waals surface area contributed by atoms with Gasteiger partial charge in [-0.05, 0) is 30.3 Å². The van der Waals surface area contributed by atoms with Gasteiger partial charge < -0.3 is 14.9 Å². The number of nitrogens with one attached hydrogen (secondary N) is 2. The van der Waals surface area contributed by atoms with Crippen molar-refractivity contribution in [3.05, 3.63) is 82.4 Å². The molecule has 29 heavy (non-hydrogen) atoms. The molecule has 4 rings (SSSR count). The summed E-state index contributed by atoms with van der Waals surface area (Å²) in [4.78, 5) is 34.9. The molecule has 0 saturated heterocycles. The highest BCUT2D eigenvalue weighted by Crippen LogP contribution is 2.19. The van der Waals surface area contributed by atoms with Gasteiger partial charge in [0.25, 0.3) is 11.5 Å². The highest BCUT2D eigenvalue weighted by atomic mass is 19.1. The van der Waals surface area contributed by atoms with Gasteiger partial charge in [-0.25, -0.2) is 9.37 Å². The standard InChI is InChI=1S/C21H18FN5O2/c1-27-18-5-3-2-4-16(18)25-19(27)6-7-24-21(29)14-8-13(9-15(22)10-14)17-11-23-12-20(28)26-17/h2-5,8-12H,6-7H2,1H3,(H,24,29)(H,26,28). The molecule has 146 valence electrons. The maximum Gasteiger partial charge on any atom is 0.266 e. The monoisotopic (exact) mass is 391 g/mol. The molecule has 2 aromatic heterocycles. The van der Waals surface area contributed by atoms with Crippen LogP contribution in [0.4, 0.5) is 4.39 Å². The number of H-pyrrole nitrogens is 1. The van der Waals surface area contributed by atoms with Crippen molar-refractivity contribution >= 4 is 16.9 Å². The van der Waals surface area contributed by atoms with E-state index in [1.165, 1.54) is 18.3 Å². The van der Waals surface area contributed by atoms with E-state index in [1.807, 2.05) is 35.9 Å². The van der Waals surface area contributed by atoms with E-state index in [9.17, 15) is 14.0 Å². The number of nitrogens with zero attached hydrogens (tertiary/aromatic N) is 3. The first-order valence-electron chi connectivity index (χ1n) is 9.05. The molecule has 0 aliphatic rings. The van der Waals surface area contributed by atoms with Gasteiger partial charge in [0.2, 0.25) is 0 Å². The second-order valence-electron chi connectivity index (χ2n) is 6.62. The topological polar surface area (TPSA) is 92.7 Å². The van der Waals surface area contributed by atoms with Crippen molar-refractivity contribution in [1.29, 1.82) is 0 Å². The van der Waals surface area contributed by atoms with Crippen LogP contribution in [0.2, 0.25) is 0 Å². The molecule has 0 saturated carbocycles. The number of benzene rings is 2. The third kappa shape index (κ3) is 3.91. The Morgan fingerprint density at radius 1 is 1.21 bits per heavy atom. The van der Waals surface area contributed by atoms with E-state index in [2.05, 4.69) is 20.3 Å². The Hall–Kier alpha value is -3.81. The average Bonchev–Trinajstić information content (AvgIpc) is 3.03. The molecule has 0 bridgehead atoms. The van der Waals surface area contributed by atoms with Crippen LogP contribution in [0.25, 0.3) is 22.3 Å². The number of imidazole rings is 1. The van der Waals surface area contributed by atoms with Crippen LogP contribution >= 0.6 is 0 Å². The minimum Gasteiger partial charge on any atom is -0.352 e. The predicted octanol–water partition coefficient (Wildman–Crippen LogP) is 2.44. The summed E-state index contributed by atoms with van der Waals surface area (Å²) in [5.74, 6) is -0.136. The van der Waals surface area contributed by atoms with E-state index in [0.717, 1.165) is 29.1 Å². The van der Waals surface area contributed by atoms with E-state index < -0.39 is 17.3 Å². The van der Waals surface area contributed by atoms with Gasteiger partial charge in [-0.3, -0.25) is 14.6 Å². The van der Waals surface area contributed by atoms with Crippen LogP contribution in [0, 0.1) is 5.82 Å². The molecule has 7 nitrogen and oxygen atoms in total. The van der Waals surface area contributed by atoms with Crippen molar-refractivity contribution in [2.75, 3.05) is 6.54 Å². The van der Waals surface area contributed by atoms with Gasteiger partial charge in [-0.2, -0.15) is 0 Å². The van der Waals surface area contributed by atoms with Gasteiger partial charge in [-0.1, -0.05) is 12.1 Å². The van der Waals surface area contributed by atoms with Crippen LogP contribution in [-0.4, -0.2) is 32.0 Å². The lowest BCUT2D eigenvalue weighted by atomic mass is 10.1. The van der Waals surface area contributed by atoms with Crippen LogP contribution in [-0.2, 0) is 13.5 Å². The zero-order chi connectivity index (χ0) is 20.4. The van der Waals surface area contributed by atoms with E-state index in [1.54, 1.807) is 0 Å². The molecule has 0 aliphatic carbocycles. The van der Waals surface area contributed by atoms with Gasteiger partial charge in [0, 0.05) is 31.1 Å². The first-order chi connectivity index (χ1) is 14.0. The minimum atomic E-state index is -0.576. The molecule has 0 spiro atoms. The van der Waals surface area contributed by atoms with Crippen molar-refractivity contribution in [2.45, 2.75) is 6.42 Å². The summed E-state index contributed by atoms with van der Waals surface area (Å²) in [5.41, 5.74) is 2.39. The maximum absolute atomic E-state index is 14.0. The Balaban J connectivity index is 1.48. The fourth-order valence-electron chi connectivity index (χ4n) is 3.21. The van der Waals surface area contributed by atoms with E-state index in [4.69, 9.17) is 0 Å².